The number of rotatable bonds is 8. The zero-order valence-electron chi connectivity index (χ0n) is 16.2. The van der Waals surface area contributed by atoms with Crippen LogP contribution in [0.1, 0.15) is 11.5 Å². The van der Waals surface area contributed by atoms with Crippen LogP contribution >= 0.6 is 11.8 Å². The van der Waals surface area contributed by atoms with Crippen molar-refractivity contribution >= 4 is 11.8 Å². The fourth-order valence-corrected chi connectivity index (χ4v) is 3.68. The van der Waals surface area contributed by atoms with Crippen LogP contribution in [-0.4, -0.2) is 26.9 Å². The van der Waals surface area contributed by atoms with Gasteiger partial charge in [0.05, 0.1) is 18.5 Å². The summed E-state index contributed by atoms with van der Waals surface area (Å²) in [5.41, 5.74) is 1.28. The average Bonchev–Trinajstić information content (AvgIpc) is 3.20. The van der Waals surface area contributed by atoms with E-state index in [1.165, 1.54) is 17.8 Å². The second kappa shape index (κ2) is 9.41. The Hall–Kier alpha value is -3.39. The molecule has 4 rings (SSSR count). The number of thioether (sulfide) groups is 1. The zero-order valence-corrected chi connectivity index (χ0v) is 17.1. The molecular formula is C22H19FN4O2S. The van der Waals surface area contributed by atoms with Crippen molar-refractivity contribution in [2.24, 2.45) is 0 Å². The maximum Gasteiger partial charge on any atom is 0.196 e. The Labute approximate surface area is 177 Å². The van der Waals surface area contributed by atoms with Crippen LogP contribution < -0.4 is 9.47 Å². The van der Waals surface area contributed by atoms with E-state index < -0.39 is 0 Å². The van der Waals surface area contributed by atoms with Gasteiger partial charge in [-0.25, -0.2) is 4.39 Å². The Kier molecular flexibility index (Phi) is 6.24. The first kappa shape index (κ1) is 19.9. The molecule has 0 unspecified atom stereocenters. The van der Waals surface area contributed by atoms with Crippen molar-refractivity contribution in [3.63, 3.8) is 0 Å². The summed E-state index contributed by atoms with van der Waals surface area (Å²) in [5.74, 6) is 2.13. The Morgan fingerprint density at radius 2 is 1.70 bits per heavy atom. The molecular weight excluding hydrogens is 403 g/mol. The minimum atomic E-state index is -0.359. The van der Waals surface area contributed by atoms with Gasteiger partial charge in [-0.05, 0) is 48.5 Å². The molecule has 2 aromatic heterocycles. The van der Waals surface area contributed by atoms with E-state index in [1.807, 2.05) is 30.3 Å². The minimum Gasteiger partial charge on any atom is -0.497 e. The van der Waals surface area contributed by atoms with E-state index in [4.69, 9.17) is 9.47 Å². The van der Waals surface area contributed by atoms with Crippen LogP contribution in [0.5, 0.6) is 11.5 Å². The number of benzene rings is 2. The molecule has 0 aliphatic rings. The van der Waals surface area contributed by atoms with Gasteiger partial charge in [-0.2, -0.15) is 0 Å². The Bertz CT molecular complexity index is 1100. The number of ether oxygens (including phenoxy) is 2. The summed E-state index contributed by atoms with van der Waals surface area (Å²) in [5, 5.41) is 9.09. The van der Waals surface area contributed by atoms with Crippen molar-refractivity contribution in [1.82, 2.24) is 19.7 Å². The van der Waals surface area contributed by atoms with Crippen molar-refractivity contribution < 1.29 is 13.9 Å². The molecule has 0 fully saturated rings. The number of hydrogen-bond donors (Lipinski definition) is 0. The number of pyridine rings is 1. The van der Waals surface area contributed by atoms with E-state index in [0.717, 1.165) is 11.4 Å². The third-order valence-electron chi connectivity index (χ3n) is 4.30. The summed E-state index contributed by atoms with van der Waals surface area (Å²) in [6.07, 6.45) is 1.74. The summed E-state index contributed by atoms with van der Waals surface area (Å²) in [4.78, 5) is 4.32. The van der Waals surface area contributed by atoms with E-state index in [9.17, 15) is 4.39 Å². The maximum atomic E-state index is 14.6. The lowest BCUT2D eigenvalue weighted by Gasteiger charge is -2.12. The topological polar surface area (TPSA) is 62.1 Å². The lowest BCUT2D eigenvalue weighted by atomic mass is 10.3. The van der Waals surface area contributed by atoms with Crippen LogP contribution in [-0.2, 0) is 12.4 Å². The molecule has 8 heteroatoms. The number of para-hydroxylation sites is 1. The number of aromatic nitrogens is 4. The van der Waals surface area contributed by atoms with E-state index in [-0.39, 0.29) is 12.4 Å². The lowest BCUT2D eigenvalue weighted by Crippen LogP contribution is -2.08. The van der Waals surface area contributed by atoms with Gasteiger partial charge in [-0.1, -0.05) is 30.0 Å². The fourth-order valence-electron chi connectivity index (χ4n) is 2.80. The molecule has 0 bridgehead atoms. The standard InChI is InChI=1S/C22H19FN4O2S/c1-28-17-9-11-18(12-10-17)29-14-21-25-26-22(30-15-16-6-4-5-13-24-16)27(21)20-8-3-2-7-19(20)23/h2-13H,14-15H2,1H3. The van der Waals surface area contributed by atoms with Crippen LogP contribution in [0, 0.1) is 5.82 Å². The second-order valence-electron chi connectivity index (χ2n) is 6.26. The molecule has 2 aromatic carbocycles. The van der Waals surface area contributed by atoms with Gasteiger partial charge in [0.1, 0.15) is 23.9 Å². The number of methoxy groups -OCH3 is 1. The maximum absolute atomic E-state index is 14.6. The molecule has 0 amide bonds. The summed E-state index contributed by atoms with van der Waals surface area (Å²) in [7, 11) is 1.61. The van der Waals surface area contributed by atoms with E-state index in [0.29, 0.717) is 28.2 Å². The van der Waals surface area contributed by atoms with E-state index in [2.05, 4.69) is 15.2 Å². The van der Waals surface area contributed by atoms with Gasteiger partial charge in [0.25, 0.3) is 0 Å². The van der Waals surface area contributed by atoms with E-state index in [1.54, 1.807) is 48.2 Å². The zero-order chi connectivity index (χ0) is 20.8. The normalized spacial score (nSPS) is 10.7. The first-order valence-electron chi connectivity index (χ1n) is 9.23. The molecule has 0 saturated heterocycles. The van der Waals surface area contributed by atoms with Crippen molar-refractivity contribution in [2.75, 3.05) is 7.11 Å². The molecule has 2 heterocycles. The Morgan fingerprint density at radius 1 is 0.933 bits per heavy atom. The molecule has 152 valence electrons. The van der Waals surface area contributed by atoms with Gasteiger partial charge in [-0.15, -0.1) is 10.2 Å². The molecule has 0 aliphatic heterocycles. The number of nitrogens with zero attached hydrogens (tertiary/aromatic N) is 4. The summed E-state index contributed by atoms with van der Waals surface area (Å²) >= 11 is 1.44. The average molecular weight is 422 g/mol. The van der Waals surface area contributed by atoms with Gasteiger partial charge < -0.3 is 9.47 Å². The smallest absolute Gasteiger partial charge is 0.196 e. The summed E-state index contributed by atoms with van der Waals surface area (Å²) in [6, 6.07) is 19.5. The quantitative estimate of drug-likeness (QED) is 0.384. The van der Waals surface area contributed by atoms with Gasteiger partial charge in [0, 0.05) is 11.9 Å². The third-order valence-corrected chi connectivity index (χ3v) is 5.26. The molecule has 0 spiro atoms. The summed E-state index contributed by atoms with van der Waals surface area (Å²) in [6.45, 7) is 0.137. The second-order valence-corrected chi connectivity index (χ2v) is 7.20. The molecule has 4 aromatic rings. The Morgan fingerprint density at radius 3 is 2.43 bits per heavy atom. The molecule has 0 radical (unpaired) electrons. The van der Waals surface area contributed by atoms with Gasteiger partial charge >= 0.3 is 0 Å². The predicted molar refractivity (Wildman–Crippen MR) is 112 cm³/mol. The van der Waals surface area contributed by atoms with Crippen molar-refractivity contribution in [3.05, 3.63) is 90.3 Å². The summed E-state index contributed by atoms with van der Waals surface area (Å²) < 4.78 is 27.3. The third kappa shape index (κ3) is 4.60. The van der Waals surface area contributed by atoms with Crippen LogP contribution in [0.2, 0.25) is 0 Å². The van der Waals surface area contributed by atoms with Crippen molar-refractivity contribution in [2.45, 2.75) is 17.5 Å². The van der Waals surface area contributed by atoms with Crippen molar-refractivity contribution in [1.29, 1.82) is 0 Å². The number of hydrogen-bond acceptors (Lipinski definition) is 6. The highest BCUT2D eigenvalue weighted by molar-refractivity contribution is 7.98. The molecule has 30 heavy (non-hydrogen) atoms. The van der Waals surface area contributed by atoms with Crippen LogP contribution in [0.15, 0.2) is 78.1 Å². The molecule has 0 N–H and O–H groups in total. The lowest BCUT2D eigenvalue weighted by molar-refractivity contribution is 0.292. The molecule has 0 atom stereocenters. The minimum absolute atomic E-state index is 0.137. The first-order valence-corrected chi connectivity index (χ1v) is 10.2. The molecule has 6 nitrogen and oxygen atoms in total. The predicted octanol–water partition coefficient (Wildman–Crippen LogP) is 4.68. The van der Waals surface area contributed by atoms with E-state index >= 15 is 0 Å². The first-order chi connectivity index (χ1) is 14.7. The van der Waals surface area contributed by atoms with Gasteiger partial charge in [-0.3, -0.25) is 9.55 Å². The highest BCUT2D eigenvalue weighted by Crippen LogP contribution is 2.27. The SMILES string of the molecule is COc1ccc(OCc2nnc(SCc3ccccn3)n2-c2ccccc2F)cc1. The van der Waals surface area contributed by atoms with Crippen LogP contribution in [0.4, 0.5) is 4.39 Å². The van der Waals surface area contributed by atoms with Crippen LogP contribution in [0.25, 0.3) is 5.69 Å². The largest absolute Gasteiger partial charge is 0.497 e. The molecule has 0 saturated carbocycles. The highest BCUT2D eigenvalue weighted by atomic mass is 32.2. The number of halogens is 1. The van der Waals surface area contributed by atoms with Crippen molar-refractivity contribution in [3.8, 4) is 17.2 Å². The monoisotopic (exact) mass is 422 g/mol. The van der Waals surface area contributed by atoms with Gasteiger partial charge in [0.2, 0.25) is 0 Å². The van der Waals surface area contributed by atoms with Gasteiger partial charge in [0.15, 0.2) is 11.0 Å². The molecule has 0 aliphatic carbocycles. The van der Waals surface area contributed by atoms with Crippen LogP contribution in [0.3, 0.4) is 0 Å². The highest BCUT2D eigenvalue weighted by Gasteiger charge is 2.18. The Balaban J connectivity index is 1.59. The fraction of sp³-hybridized carbons (Fsp3) is 0.136.